The average Bonchev–Trinajstić information content (AvgIpc) is 2.26. The summed E-state index contributed by atoms with van der Waals surface area (Å²) in [6.45, 7) is 5.36. The lowest BCUT2D eigenvalue weighted by Crippen LogP contribution is -2.24. The highest BCUT2D eigenvalue weighted by molar-refractivity contribution is 7.78. The van der Waals surface area contributed by atoms with E-state index in [1.807, 2.05) is 0 Å². The van der Waals surface area contributed by atoms with E-state index in [0.717, 1.165) is 0 Å². The van der Waals surface area contributed by atoms with Crippen LogP contribution in [0.1, 0.15) is 41.5 Å². The van der Waals surface area contributed by atoms with E-state index in [4.69, 9.17) is 4.74 Å². The maximum absolute atomic E-state index is 11.8. The molecule has 0 fully saturated rings. The molecule has 17 heavy (non-hydrogen) atoms. The van der Waals surface area contributed by atoms with E-state index in [9.17, 15) is 9.59 Å². The van der Waals surface area contributed by atoms with E-state index in [2.05, 4.69) is 17.5 Å². The van der Waals surface area contributed by atoms with Crippen molar-refractivity contribution in [1.29, 1.82) is 0 Å². The molecule has 1 aromatic carbocycles. The first kappa shape index (κ1) is 13.6. The van der Waals surface area contributed by atoms with Crippen LogP contribution in [0.25, 0.3) is 0 Å². The molecule has 0 spiro atoms. The molecule has 1 rings (SSSR count). The fraction of sp³-hybridized carbons (Fsp3) is 0.333. The molecule has 1 aromatic rings. The monoisotopic (exact) mass is 253 g/mol. The maximum atomic E-state index is 11.8. The number of ether oxygens (including phenoxy) is 1. The van der Waals surface area contributed by atoms with Gasteiger partial charge in [-0.3, -0.25) is 9.52 Å². The van der Waals surface area contributed by atoms with Gasteiger partial charge in [-0.2, -0.15) is 0 Å². The summed E-state index contributed by atoms with van der Waals surface area (Å²) >= 11 is 3.67. The summed E-state index contributed by atoms with van der Waals surface area (Å²) < 4.78 is 7.40. The topological polar surface area (TPSA) is 55.4 Å². The van der Waals surface area contributed by atoms with Gasteiger partial charge in [0.05, 0.1) is 5.56 Å². The van der Waals surface area contributed by atoms with Crippen LogP contribution in [0.2, 0.25) is 0 Å². The van der Waals surface area contributed by atoms with E-state index in [1.165, 1.54) is 6.07 Å². The smallest absolute Gasteiger partial charge is 0.338 e. The zero-order chi connectivity index (χ0) is 13.1. The molecule has 0 unspecified atom stereocenters. The summed E-state index contributed by atoms with van der Waals surface area (Å²) in [5, 5.41) is 0. The number of rotatable bonds is 2. The SMILES string of the molecule is CC(C)(C)OC(=O)c1cccc(C(=O)NS)c1. The number of amides is 1. The molecule has 0 heterocycles. The predicted molar refractivity (Wildman–Crippen MR) is 68.1 cm³/mol. The minimum Gasteiger partial charge on any atom is -0.456 e. The van der Waals surface area contributed by atoms with Crippen molar-refractivity contribution in [1.82, 2.24) is 4.72 Å². The number of hydrogen-bond donors (Lipinski definition) is 2. The molecule has 0 aliphatic heterocycles. The van der Waals surface area contributed by atoms with E-state index < -0.39 is 11.6 Å². The van der Waals surface area contributed by atoms with Gasteiger partial charge in [-0.25, -0.2) is 4.79 Å². The summed E-state index contributed by atoms with van der Waals surface area (Å²) in [6, 6.07) is 6.29. The zero-order valence-corrected chi connectivity index (χ0v) is 10.9. The van der Waals surface area contributed by atoms with Crippen molar-refractivity contribution in [2.75, 3.05) is 0 Å². The summed E-state index contributed by atoms with van der Waals surface area (Å²) in [5.74, 6) is -0.815. The molecule has 0 saturated heterocycles. The zero-order valence-electron chi connectivity index (χ0n) is 9.98. The Balaban J connectivity index is 2.92. The van der Waals surface area contributed by atoms with Crippen molar-refractivity contribution in [3.8, 4) is 0 Å². The highest BCUT2D eigenvalue weighted by Crippen LogP contribution is 2.13. The van der Waals surface area contributed by atoms with Crippen LogP contribution in [-0.2, 0) is 4.74 Å². The van der Waals surface area contributed by atoms with E-state index in [1.54, 1.807) is 39.0 Å². The molecule has 5 heteroatoms. The highest BCUT2D eigenvalue weighted by Gasteiger charge is 2.18. The van der Waals surface area contributed by atoms with Crippen molar-refractivity contribution >= 4 is 24.7 Å². The summed E-state index contributed by atoms with van der Waals surface area (Å²) in [7, 11) is 0. The quantitative estimate of drug-likeness (QED) is 0.627. The number of carbonyl (C=O) groups is 2. The lowest BCUT2D eigenvalue weighted by Gasteiger charge is -2.19. The second kappa shape index (κ2) is 5.23. The molecule has 0 radical (unpaired) electrons. The summed E-state index contributed by atoms with van der Waals surface area (Å²) in [6.07, 6.45) is 0. The second-order valence-corrected chi connectivity index (χ2v) is 4.75. The van der Waals surface area contributed by atoms with Crippen LogP contribution in [0.4, 0.5) is 0 Å². The third-order valence-corrected chi connectivity index (χ3v) is 2.06. The molecular weight excluding hydrogens is 238 g/mol. The third-order valence-electron chi connectivity index (χ3n) is 1.86. The van der Waals surface area contributed by atoms with Crippen LogP contribution in [0.3, 0.4) is 0 Å². The van der Waals surface area contributed by atoms with Crippen molar-refractivity contribution < 1.29 is 14.3 Å². The molecule has 4 nitrogen and oxygen atoms in total. The molecule has 0 aromatic heterocycles. The minimum absolute atomic E-state index is 0.342. The molecule has 0 bridgehead atoms. The van der Waals surface area contributed by atoms with Gasteiger partial charge < -0.3 is 4.74 Å². The van der Waals surface area contributed by atoms with Gasteiger partial charge in [0.2, 0.25) is 0 Å². The van der Waals surface area contributed by atoms with Crippen LogP contribution >= 0.6 is 12.8 Å². The van der Waals surface area contributed by atoms with E-state index in [-0.39, 0.29) is 5.91 Å². The van der Waals surface area contributed by atoms with Crippen molar-refractivity contribution in [3.05, 3.63) is 35.4 Å². The Morgan fingerprint density at radius 3 is 2.35 bits per heavy atom. The molecule has 1 N–H and O–H groups in total. The fourth-order valence-corrected chi connectivity index (χ4v) is 1.32. The Kier molecular flexibility index (Phi) is 4.17. The van der Waals surface area contributed by atoms with Crippen LogP contribution < -0.4 is 4.72 Å². The van der Waals surface area contributed by atoms with Crippen LogP contribution in [0, 0.1) is 0 Å². The van der Waals surface area contributed by atoms with Gasteiger partial charge in [-0.05, 0) is 39.0 Å². The van der Waals surface area contributed by atoms with Gasteiger partial charge in [-0.1, -0.05) is 18.9 Å². The number of hydrogen-bond acceptors (Lipinski definition) is 4. The van der Waals surface area contributed by atoms with Gasteiger partial charge in [0.1, 0.15) is 5.60 Å². The highest BCUT2D eigenvalue weighted by atomic mass is 32.1. The first-order valence-corrected chi connectivity index (χ1v) is 5.56. The van der Waals surface area contributed by atoms with E-state index in [0.29, 0.717) is 11.1 Å². The number of benzene rings is 1. The van der Waals surface area contributed by atoms with Gasteiger partial charge in [0.25, 0.3) is 5.91 Å². The fourth-order valence-electron chi connectivity index (χ4n) is 1.19. The van der Waals surface area contributed by atoms with Gasteiger partial charge >= 0.3 is 5.97 Å². The van der Waals surface area contributed by atoms with Crippen LogP contribution in [0.5, 0.6) is 0 Å². The number of esters is 1. The normalized spacial score (nSPS) is 10.8. The molecular formula is C12H15NO3S. The van der Waals surface area contributed by atoms with Crippen molar-refractivity contribution in [2.24, 2.45) is 0 Å². The Morgan fingerprint density at radius 2 is 1.82 bits per heavy atom. The third kappa shape index (κ3) is 4.11. The van der Waals surface area contributed by atoms with Gasteiger partial charge in [-0.15, -0.1) is 0 Å². The largest absolute Gasteiger partial charge is 0.456 e. The van der Waals surface area contributed by atoms with Crippen molar-refractivity contribution in [3.63, 3.8) is 0 Å². The second-order valence-electron chi connectivity index (χ2n) is 4.52. The van der Waals surface area contributed by atoms with Gasteiger partial charge in [0.15, 0.2) is 0 Å². The van der Waals surface area contributed by atoms with Crippen molar-refractivity contribution in [2.45, 2.75) is 26.4 Å². The number of thiol groups is 1. The Labute approximate surface area is 106 Å². The Morgan fingerprint density at radius 1 is 1.24 bits per heavy atom. The van der Waals surface area contributed by atoms with E-state index >= 15 is 0 Å². The maximum Gasteiger partial charge on any atom is 0.338 e. The van der Waals surface area contributed by atoms with Crippen LogP contribution in [-0.4, -0.2) is 17.5 Å². The number of nitrogens with one attached hydrogen (secondary N) is 1. The minimum atomic E-state index is -0.557. The molecule has 0 atom stereocenters. The molecule has 0 saturated carbocycles. The lowest BCUT2D eigenvalue weighted by atomic mass is 10.1. The molecule has 1 amide bonds. The Bertz CT molecular complexity index is 438. The summed E-state index contributed by atoms with van der Waals surface area (Å²) in [5.41, 5.74) is 0.150. The first-order valence-electron chi connectivity index (χ1n) is 5.11. The standard InChI is InChI=1S/C12H15NO3S/c1-12(2,3)16-11(15)9-6-4-5-8(7-9)10(14)13-17/h4-7,17H,1-3H3,(H,13,14). The Hall–Kier alpha value is -1.49. The van der Waals surface area contributed by atoms with Gasteiger partial charge in [0, 0.05) is 5.56 Å². The summed E-state index contributed by atoms with van der Waals surface area (Å²) in [4.78, 5) is 23.1. The average molecular weight is 253 g/mol. The number of carbonyl (C=O) groups excluding carboxylic acids is 2. The predicted octanol–water partition coefficient (Wildman–Crippen LogP) is 2.22. The molecule has 0 aliphatic carbocycles. The van der Waals surface area contributed by atoms with Crippen LogP contribution in [0.15, 0.2) is 24.3 Å². The first-order chi connectivity index (χ1) is 7.83. The lowest BCUT2D eigenvalue weighted by molar-refractivity contribution is 0.00695. The molecule has 0 aliphatic rings. The molecule has 92 valence electrons.